The van der Waals surface area contributed by atoms with Crippen LogP contribution in [0.3, 0.4) is 0 Å². The second-order valence-electron chi connectivity index (χ2n) is 18.2. The van der Waals surface area contributed by atoms with Crippen molar-refractivity contribution < 1.29 is 0 Å². The van der Waals surface area contributed by atoms with E-state index in [1.807, 2.05) is 0 Å². The summed E-state index contributed by atoms with van der Waals surface area (Å²) in [5, 5.41) is 5.16. The molecule has 13 rings (SSSR count). The lowest BCUT2D eigenvalue weighted by Gasteiger charge is -2.43. The van der Waals surface area contributed by atoms with Gasteiger partial charge in [-0.15, -0.1) is 0 Å². The molecule has 0 fully saturated rings. The van der Waals surface area contributed by atoms with Crippen LogP contribution in [0.1, 0.15) is 58.7 Å². The van der Waals surface area contributed by atoms with E-state index in [1.165, 1.54) is 122 Å². The van der Waals surface area contributed by atoms with Gasteiger partial charge in [-0.1, -0.05) is 158 Å². The normalized spacial score (nSPS) is 14.1. The summed E-state index contributed by atoms with van der Waals surface area (Å²) < 4.78 is 2.64. The second-order valence-corrected chi connectivity index (χ2v) is 18.2. The van der Waals surface area contributed by atoms with Gasteiger partial charge in [-0.25, -0.2) is 0 Å². The van der Waals surface area contributed by atoms with E-state index in [0.29, 0.717) is 0 Å². The van der Waals surface area contributed by atoms with Crippen LogP contribution in [0.5, 0.6) is 0 Å². The number of benzene rings is 9. The highest BCUT2D eigenvalue weighted by molar-refractivity contribution is 6.93. The van der Waals surface area contributed by atoms with Crippen LogP contribution in [-0.4, -0.2) is 11.4 Å². The molecule has 1 aromatic heterocycles. The van der Waals surface area contributed by atoms with E-state index in [2.05, 4.69) is 219 Å². The highest BCUT2D eigenvalue weighted by atomic mass is 15.1. The first-order chi connectivity index (χ1) is 29.8. The summed E-state index contributed by atoms with van der Waals surface area (Å²) in [7, 11) is 0. The minimum absolute atomic E-state index is 0.00443. The first-order valence-electron chi connectivity index (χ1n) is 21.7. The van der Waals surface area contributed by atoms with Crippen LogP contribution in [0.25, 0.3) is 60.5 Å². The van der Waals surface area contributed by atoms with Crippen molar-refractivity contribution in [1.82, 2.24) is 4.57 Å². The van der Waals surface area contributed by atoms with E-state index in [0.717, 1.165) is 0 Å². The summed E-state index contributed by atoms with van der Waals surface area (Å²) >= 11 is 0. The van der Waals surface area contributed by atoms with Crippen LogP contribution in [0.2, 0.25) is 0 Å². The molecule has 288 valence electrons. The molecule has 0 N–H and O–H groups in total. The van der Waals surface area contributed by atoms with Crippen LogP contribution in [0.15, 0.2) is 182 Å². The molecule has 0 amide bonds. The molecular formula is C58H43BN2. The highest BCUT2D eigenvalue weighted by Gasteiger charge is 2.47. The molecule has 3 heteroatoms. The monoisotopic (exact) mass is 778 g/mol. The number of aromatic nitrogens is 1. The number of anilines is 2. The zero-order valence-electron chi connectivity index (χ0n) is 34.9. The summed E-state index contributed by atoms with van der Waals surface area (Å²) in [6.45, 7) is 9.21. The molecule has 9 aromatic carbocycles. The molecule has 0 bridgehead atoms. The molecule has 10 aromatic rings. The molecule has 61 heavy (non-hydrogen) atoms. The number of nitrogens with zero attached hydrogens (tertiary/aromatic N) is 2. The molecule has 0 spiro atoms. The Morgan fingerprint density at radius 3 is 1.90 bits per heavy atom. The van der Waals surface area contributed by atoms with Crippen LogP contribution < -0.4 is 15.7 Å². The first-order valence-corrected chi connectivity index (χ1v) is 21.7. The number of hydrogen-bond donors (Lipinski definition) is 0. The predicted octanol–water partition coefficient (Wildman–Crippen LogP) is 13.3. The van der Waals surface area contributed by atoms with Crippen molar-refractivity contribution in [3.05, 3.63) is 221 Å². The summed E-state index contributed by atoms with van der Waals surface area (Å²) in [6, 6.07) is 69.4. The number of hydrogen-bond acceptors (Lipinski definition) is 1. The van der Waals surface area contributed by atoms with E-state index in [9.17, 15) is 0 Å². The molecular weight excluding hydrogens is 735 g/mol. The summed E-state index contributed by atoms with van der Waals surface area (Å²) in [5.41, 5.74) is 23.4. The Hall–Kier alpha value is -7.10. The molecule has 0 unspecified atom stereocenters. The van der Waals surface area contributed by atoms with E-state index in [-0.39, 0.29) is 18.2 Å². The first kappa shape index (κ1) is 34.7. The summed E-state index contributed by atoms with van der Waals surface area (Å²) in [6.07, 6.45) is 0. The maximum Gasteiger partial charge on any atom is 0.333 e. The third-order valence-corrected chi connectivity index (χ3v) is 14.4. The second kappa shape index (κ2) is 12.5. The van der Waals surface area contributed by atoms with Gasteiger partial charge >= 0.3 is 6.85 Å². The van der Waals surface area contributed by atoms with Gasteiger partial charge in [0.15, 0.2) is 0 Å². The minimum atomic E-state index is -0.147. The van der Waals surface area contributed by atoms with E-state index >= 15 is 0 Å². The van der Waals surface area contributed by atoms with Crippen LogP contribution in [-0.2, 0) is 5.41 Å². The fourth-order valence-electron chi connectivity index (χ4n) is 11.6. The van der Waals surface area contributed by atoms with Crippen molar-refractivity contribution in [2.45, 2.75) is 39.0 Å². The van der Waals surface area contributed by atoms with Crippen molar-refractivity contribution >= 4 is 61.7 Å². The van der Waals surface area contributed by atoms with Crippen LogP contribution >= 0.6 is 0 Å². The maximum atomic E-state index is 2.69. The fourth-order valence-corrected chi connectivity index (χ4v) is 11.6. The topological polar surface area (TPSA) is 8.17 Å². The Kier molecular flexibility index (Phi) is 7.10. The molecule has 0 radical (unpaired) electrons. The standard InChI is InChI=1S/C58H43BN2/c1-35-23-26-41(27-24-35)61-53-34-43-42-21-13-14-22-48(42)58(3,4)49(43)33-44(53)45-32-47(54(37-15-7-5-8-16-37)38-17-9-6-10-18-38)55-46-30-39-19-11-12-20-40(39)31-52(46)60-51-28-25-36(2)29-50(51)59(61)56(45)57(55)60/h5-34,54H,1-4H3. The zero-order chi connectivity index (χ0) is 40.7. The molecule has 0 atom stereocenters. The maximum absolute atomic E-state index is 2.69. The van der Waals surface area contributed by atoms with Crippen LogP contribution in [0.4, 0.5) is 11.4 Å². The molecule has 0 saturated heterocycles. The minimum Gasteiger partial charge on any atom is -0.376 e. The van der Waals surface area contributed by atoms with Gasteiger partial charge in [0.2, 0.25) is 0 Å². The van der Waals surface area contributed by atoms with Gasteiger partial charge in [0.1, 0.15) is 0 Å². The van der Waals surface area contributed by atoms with Gasteiger partial charge in [0.25, 0.3) is 0 Å². The molecule has 0 saturated carbocycles. The van der Waals surface area contributed by atoms with Gasteiger partial charge in [0, 0.05) is 44.7 Å². The Morgan fingerprint density at radius 1 is 0.508 bits per heavy atom. The fraction of sp³-hybridized carbons (Fsp3) is 0.103. The zero-order valence-corrected chi connectivity index (χ0v) is 34.9. The quantitative estimate of drug-likeness (QED) is 0.128. The lowest BCUT2D eigenvalue weighted by molar-refractivity contribution is 0.660. The summed E-state index contributed by atoms with van der Waals surface area (Å²) in [5.74, 6) is 0.00443. The molecule has 3 aliphatic rings. The molecule has 1 aliphatic carbocycles. The molecule has 2 aliphatic heterocycles. The van der Waals surface area contributed by atoms with E-state index in [4.69, 9.17) is 0 Å². The summed E-state index contributed by atoms with van der Waals surface area (Å²) in [4.78, 5) is 2.69. The Morgan fingerprint density at radius 2 is 1.16 bits per heavy atom. The number of rotatable bonds is 4. The third kappa shape index (κ3) is 4.75. The van der Waals surface area contributed by atoms with Gasteiger partial charge in [-0.3, -0.25) is 0 Å². The Bertz CT molecular complexity index is 3430. The predicted molar refractivity (Wildman–Crippen MR) is 258 cm³/mol. The van der Waals surface area contributed by atoms with Crippen molar-refractivity contribution in [2.24, 2.45) is 0 Å². The number of fused-ring (bicyclic) bond motifs is 12. The van der Waals surface area contributed by atoms with Gasteiger partial charge < -0.3 is 9.38 Å². The highest BCUT2D eigenvalue weighted by Crippen LogP contribution is 2.55. The van der Waals surface area contributed by atoms with Crippen LogP contribution in [0, 0.1) is 13.8 Å². The Balaban J connectivity index is 1.26. The lowest BCUT2D eigenvalue weighted by atomic mass is 9.43. The van der Waals surface area contributed by atoms with Crippen molar-refractivity contribution in [1.29, 1.82) is 0 Å². The Labute approximate surface area is 357 Å². The molecule has 2 nitrogen and oxygen atoms in total. The van der Waals surface area contributed by atoms with E-state index < -0.39 is 0 Å². The molecule has 3 heterocycles. The van der Waals surface area contributed by atoms with Gasteiger partial charge in [0.05, 0.1) is 11.0 Å². The number of aryl methyl sites for hydroxylation is 2. The average molecular weight is 779 g/mol. The van der Waals surface area contributed by atoms with Crippen molar-refractivity contribution in [2.75, 3.05) is 4.81 Å². The SMILES string of the molecule is Cc1ccc(N2B3c4cc(C)ccc4-n4c5cc6ccccc6cc5c5c(C(c6ccccc6)c6ccccc6)cc(c3c54)-c3cc4c(cc32)-c2ccccc2C4(C)C)cc1. The van der Waals surface area contributed by atoms with Gasteiger partial charge in [-0.05, 0) is 129 Å². The van der Waals surface area contributed by atoms with Crippen molar-refractivity contribution in [3.8, 4) is 27.9 Å². The van der Waals surface area contributed by atoms with E-state index in [1.54, 1.807) is 0 Å². The smallest absolute Gasteiger partial charge is 0.333 e. The van der Waals surface area contributed by atoms with Crippen molar-refractivity contribution in [3.63, 3.8) is 0 Å². The largest absolute Gasteiger partial charge is 0.376 e. The van der Waals surface area contributed by atoms with Gasteiger partial charge in [-0.2, -0.15) is 0 Å². The average Bonchev–Trinajstić information content (AvgIpc) is 3.73. The lowest BCUT2D eigenvalue weighted by Crippen LogP contribution is -2.60. The third-order valence-electron chi connectivity index (χ3n) is 14.4.